The summed E-state index contributed by atoms with van der Waals surface area (Å²) in [6.07, 6.45) is 1.40. The van der Waals surface area contributed by atoms with E-state index < -0.39 is 22.5 Å². The van der Waals surface area contributed by atoms with Crippen LogP contribution >= 0.6 is 11.6 Å². The lowest BCUT2D eigenvalue weighted by molar-refractivity contribution is -0.119. The number of rotatable bonds is 11. The summed E-state index contributed by atoms with van der Waals surface area (Å²) in [4.78, 5) is 24.8. The molecule has 11 heteroatoms. The van der Waals surface area contributed by atoms with E-state index in [9.17, 15) is 18.0 Å². The summed E-state index contributed by atoms with van der Waals surface area (Å²) in [5, 5.41) is 6.84. The Morgan fingerprint density at radius 1 is 0.825 bits per heavy atom. The molecule has 0 unspecified atom stereocenters. The van der Waals surface area contributed by atoms with Crippen LogP contribution in [0.2, 0.25) is 5.02 Å². The highest BCUT2D eigenvalue weighted by Gasteiger charge is 2.28. The van der Waals surface area contributed by atoms with Gasteiger partial charge in [-0.2, -0.15) is 5.10 Å². The van der Waals surface area contributed by atoms with Gasteiger partial charge in [-0.25, -0.2) is 13.8 Å². The van der Waals surface area contributed by atoms with Gasteiger partial charge in [0.25, 0.3) is 21.8 Å². The first-order valence-corrected chi connectivity index (χ1v) is 13.9. The molecular weight excluding hydrogens is 552 g/mol. The van der Waals surface area contributed by atoms with E-state index in [0.29, 0.717) is 17.0 Å². The zero-order valence-corrected chi connectivity index (χ0v) is 22.7. The molecule has 0 aliphatic carbocycles. The minimum Gasteiger partial charge on any atom is -0.484 e. The summed E-state index contributed by atoms with van der Waals surface area (Å²) in [6, 6.07) is 29.9. The molecular formula is C29H25ClN4O5S. The minimum absolute atomic E-state index is 0.0195. The maximum atomic E-state index is 13.3. The van der Waals surface area contributed by atoms with Gasteiger partial charge in [0, 0.05) is 5.69 Å². The molecule has 0 atom stereocenters. The second-order valence-electron chi connectivity index (χ2n) is 8.34. The Balaban J connectivity index is 1.35. The number of carbonyl (C=O) groups excluding carboxylic acids is 2. The van der Waals surface area contributed by atoms with Crippen LogP contribution in [0.5, 0.6) is 5.75 Å². The SMILES string of the molecule is O=C(CN(c1ccccc1Cl)S(=O)(=O)c1ccccc1)N/N=C/c1ccc(OCC(=O)Nc2ccccc2)cc1. The first-order valence-electron chi connectivity index (χ1n) is 12.0. The first kappa shape index (κ1) is 28.3. The maximum Gasteiger partial charge on any atom is 0.264 e. The van der Waals surface area contributed by atoms with Crippen molar-refractivity contribution < 1.29 is 22.7 Å². The molecule has 2 amide bonds. The van der Waals surface area contributed by atoms with Crippen LogP contribution in [-0.4, -0.2) is 39.6 Å². The fourth-order valence-corrected chi connectivity index (χ4v) is 5.28. The molecule has 0 saturated heterocycles. The average Bonchev–Trinajstić information content (AvgIpc) is 2.97. The number of para-hydroxylation sites is 2. The van der Waals surface area contributed by atoms with Gasteiger partial charge in [0.05, 0.1) is 21.8 Å². The van der Waals surface area contributed by atoms with Gasteiger partial charge in [-0.15, -0.1) is 0 Å². The number of ether oxygens (including phenoxy) is 1. The molecule has 0 aromatic heterocycles. The second kappa shape index (κ2) is 13.4. The molecule has 0 aliphatic heterocycles. The largest absolute Gasteiger partial charge is 0.484 e. The quantitative estimate of drug-likeness (QED) is 0.198. The van der Waals surface area contributed by atoms with E-state index in [4.69, 9.17) is 16.3 Å². The van der Waals surface area contributed by atoms with Gasteiger partial charge in [0.15, 0.2) is 6.61 Å². The Morgan fingerprint density at radius 3 is 2.12 bits per heavy atom. The molecule has 4 aromatic rings. The molecule has 0 bridgehead atoms. The van der Waals surface area contributed by atoms with Crippen molar-refractivity contribution >= 4 is 51.0 Å². The first-order chi connectivity index (χ1) is 19.3. The van der Waals surface area contributed by atoms with Gasteiger partial charge < -0.3 is 10.1 Å². The number of halogens is 1. The normalized spacial score (nSPS) is 11.1. The Hall–Kier alpha value is -4.67. The number of hydrazone groups is 1. The molecule has 0 fully saturated rings. The molecule has 4 rings (SSSR count). The predicted molar refractivity (Wildman–Crippen MR) is 155 cm³/mol. The maximum absolute atomic E-state index is 13.3. The molecule has 0 spiro atoms. The smallest absolute Gasteiger partial charge is 0.264 e. The van der Waals surface area contributed by atoms with Gasteiger partial charge in [0.1, 0.15) is 12.3 Å². The van der Waals surface area contributed by atoms with Crippen LogP contribution in [0, 0.1) is 0 Å². The number of anilines is 2. The number of nitrogens with zero attached hydrogens (tertiary/aromatic N) is 2. The topological polar surface area (TPSA) is 117 Å². The van der Waals surface area contributed by atoms with Crippen molar-refractivity contribution in [2.24, 2.45) is 5.10 Å². The Labute approximate surface area is 237 Å². The van der Waals surface area contributed by atoms with E-state index >= 15 is 0 Å². The lowest BCUT2D eigenvalue weighted by atomic mass is 10.2. The van der Waals surface area contributed by atoms with Crippen LogP contribution in [0.3, 0.4) is 0 Å². The van der Waals surface area contributed by atoms with Crippen molar-refractivity contribution in [3.05, 3.63) is 120 Å². The Kier molecular flexibility index (Phi) is 9.50. The van der Waals surface area contributed by atoms with Crippen LogP contribution < -0.4 is 19.8 Å². The highest BCUT2D eigenvalue weighted by Crippen LogP contribution is 2.30. The summed E-state index contributed by atoms with van der Waals surface area (Å²) in [5.41, 5.74) is 3.83. The average molecular weight is 577 g/mol. The van der Waals surface area contributed by atoms with Crippen LogP contribution in [0.4, 0.5) is 11.4 Å². The van der Waals surface area contributed by atoms with E-state index in [1.54, 1.807) is 72.8 Å². The van der Waals surface area contributed by atoms with Crippen LogP contribution in [-0.2, 0) is 19.6 Å². The van der Waals surface area contributed by atoms with Crippen molar-refractivity contribution in [1.29, 1.82) is 0 Å². The highest BCUT2D eigenvalue weighted by atomic mass is 35.5. The van der Waals surface area contributed by atoms with Crippen molar-refractivity contribution in [2.45, 2.75) is 4.90 Å². The summed E-state index contributed by atoms with van der Waals surface area (Å²) in [7, 11) is -4.09. The van der Waals surface area contributed by atoms with E-state index in [2.05, 4.69) is 15.8 Å². The van der Waals surface area contributed by atoms with Gasteiger partial charge in [-0.05, 0) is 66.2 Å². The molecule has 9 nitrogen and oxygen atoms in total. The van der Waals surface area contributed by atoms with Gasteiger partial charge >= 0.3 is 0 Å². The molecule has 2 N–H and O–H groups in total. The zero-order valence-electron chi connectivity index (χ0n) is 21.1. The number of carbonyl (C=O) groups is 2. The lowest BCUT2D eigenvalue weighted by Gasteiger charge is -2.24. The third-order valence-corrected chi connectivity index (χ3v) is 7.54. The molecule has 0 heterocycles. The fourth-order valence-electron chi connectivity index (χ4n) is 3.54. The number of hydrogen-bond acceptors (Lipinski definition) is 6. The molecule has 0 aliphatic rings. The predicted octanol–water partition coefficient (Wildman–Crippen LogP) is 4.70. The van der Waals surface area contributed by atoms with Crippen LogP contribution in [0.15, 0.2) is 119 Å². The summed E-state index contributed by atoms with van der Waals surface area (Å²) in [6.45, 7) is -0.706. The number of benzene rings is 4. The van der Waals surface area contributed by atoms with Gasteiger partial charge in [-0.1, -0.05) is 60.1 Å². The number of hydrogen-bond donors (Lipinski definition) is 2. The van der Waals surface area contributed by atoms with Crippen LogP contribution in [0.1, 0.15) is 5.56 Å². The highest BCUT2D eigenvalue weighted by molar-refractivity contribution is 7.92. The third kappa shape index (κ3) is 7.68. The Bertz CT molecular complexity index is 1580. The van der Waals surface area contributed by atoms with Crippen molar-refractivity contribution in [3.63, 3.8) is 0 Å². The second-order valence-corrected chi connectivity index (χ2v) is 10.6. The van der Waals surface area contributed by atoms with Crippen molar-refractivity contribution in [1.82, 2.24) is 5.43 Å². The number of sulfonamides is 1. The van der Waals surface area contributed by atoms with Gasteiger partial charge in [0.2, 0.25) is 0 Å². The molecule has 40 heavy (non-hydrogen) atoms. The van der Waals surface area contributed by atoms with Gasteiger partial charge in [-0.3, -0.25) is 13.9 Å². The third-order valence-electron chi connectivity index (χ3n) is 5.45. The molecule has 4 aromatic carbocycles. The van der Waals surface area contributed by atoms with E-state index in [-0.39, 0.29) is 28.1 Å². The van der Waals surface area contributed by atoms with Crippen molar-refractivity contribution in [2.75, 3.05) is 22.8 Å². The summed E-state index contributed by atoms with van der Waals surface area (Å²) < 4.78 is 33.1. The van der Waals surface area contributed by atoms with E-state index in [1.807, 2.05) is 18.2 Å². The minimum atomic E-state index is -4.09. The molecule has 0 saturated carbocycles. The fraction of sp³-hybridized carbons (Fsp3) is 0.0690. The summed E-state index contributed by atoms with van der Waals surface area (Å²) in [5.74, 6) is -0.481. The summed E-state index contributed by atoms with van der Waals surface area (Å²) >= 11 is 6.27. The number of nitrogens with one attached hydrogen (secondary N) is 2. The molecule has 204 valence electrons. The van der Waals surface area contributed by atoms with E-state index in [0.717, 1.165) is 4.31 Å². The standard InChI is InChI=1S/C29H25ClN4O5S/c30-26-13-7-8-14-27(26)34(40(37,38)25-11-5-2-6-12-25)20-28(35)33-31-19-22-15-17-24(18-16-22)39-21-29(36)32-23-9-3-1-4-10-23/h1-19H,20-21H2,(H,32,36)(H,33,35)/b31-19+. The van der Waals surface area contributed by atoms with E-state index in [1.165, 1.54) is 24.4 Å². The lowest BCUT2D eigenvalue weighted by Crippen LogP contribution is -2.39. The Morgan fingerprint density at radius 2 is 1.45 bits per heavy atom. The zero-order chi connectivity index (χ0) is 28.4. The van der Waals surface area contributed by atoms with Crippen LogP contribution in [0.25, 0.3) is 0 Å². The number of amides is 2. The monoisotopic (exact) mass is 576 g/mol. The molecule has 0 radical (unpaired) electrons. The van der Waals surface area contributed by atoms with Crippen molar-refractivity contribution in [3.8, 4) is 5.75 Å².